The summed E-state index contributed by atoms with van der Waals surface area (Å²) in [4.78, 5) is 16.2. The van der Waals surface area contributed by atoms with Gasteiger partial charge in [0, 0.05) is 36.1 Å². The van der Waals surface area contributed by atoms with Crippen molar-refractivity contribution in [3.63, 3.8) is 0 Å². The fraction of sp³-hybridized carbons (Fsp3) is 0.304. The fourth-order valence-electron chi connectivity index (χ4n) is 3.91. The number of benzene rings is 1. The van der Waals surface area contributed by atoms with Crippen molar-refractivity contribution in [3.8, 4) is 11.4 Å². The number of hydrogen-bond donors (Lipinski definition) is 1. The van der Waals surface area contributed by atoms with Crippen molar-refractivity contribution in [2.45, 2.75) is 25.8 Å². The zero-order valence-corrected chi connectivity index (χ0v) is 16.9. The lowest BCUT2D eigenvalue weighted by atomic mass is 10.1. The minimum Gasteiger partial charge on any atom is -0.337 e. The summed E-state index contributed by atoms with van der Waals surface area (Å²) in [6.45, 7) is 4.35. The Kier molecular flexibility index (Phi) is 5.35. The summed E-state index contributed by atoms with van der Waals surface area (Å²) in [6, 6.07) is 11.9. The Morgan fingerprint density at radius 1 is 0.900 bits per heavy atom. The molecule has 1 aromatic carbocycles. The van der Waals surface area contributed by atoms with Gasteiger partial charge < -0.3 is 10.2 Å². The second-order valence-corrected chi connectivity index (χ2v) is 7.67. The molecule has 0 atom stereocenters. The zero-order valence-electron chi connectivity index (χ0n) is 16.9. The molecule has 0 unspecified atom stereocenters. The molecule has 7 nitrogen and oxygen atoms in total. The van der Waals surface area contributed by atoms with Crippen LogP contribution in [0.2, 0.25) is 0 Å². The van der Waals surface area contributed by atoms with Crippen LogP contribution in [0.3, 0.4) is 0 Å². The van der Waals surface area contributed by atoms with Gasteiger partial charge in [0.15, 0.2) is 5.82 Å². The van der Waals surface area contributed by atoms with Crippen molar-refractivity contribution in [1.82, 2.24) is 29.6 Å². The Balaban J connectivity index is 1.38. The zero-order chi connectivity index (χ0) is 20.2. The van der Waals surface area contributed by atoms with Crippen molar-refractivity contribution in [1.29, 1.82) is 0 Å². The molecule has 7 heteroatoms. The predicted octanol–water partition coefficient (Wildman–Crippen LogP) is 4.12. The average Bonchev–Trinajstić information content (AvgIpc) is 3.26. The van der Waals surface area contributed by atoms with E-state index in [0.29, 0.717) is 5.82 Å². The quantitative estimate of drug-likeness (QED) is 0.526. The maximum atomic E-state index is 4.79. The molecule has 0 spiro atoms. The smallest absolute Gasteiger partial charge is 0.163 e. The van der Waals surface area contributed by atoms with Crippen molar-refractivity contribution in [2.24, 2.45) is 0 Å². The normalized spacial score (nSPS) is 14.8. The second-order valence-electron chi connectivity index (χ2n) is 7.67. The molecule has 3 aromatic heterocycles. The van der Waals surface area contributed by atoms with Crippen LogP contribution in [0.25, 0.3) is 22.3 Å². The highest BCUT2D eigenvalue weighted by molar-refractivity contribution is 5.92. The lowest BCUT2D eigenvalue weighted by molar-refractivity contribution is 0.218. The van der Waals surface area contributed by atoms with Crippen molar-refractivity contribution in [2.75, 3.05) is 25.0 Å². The molecule has 1 fully saturated rings. The lowest BCUT2D eigenvalue weighted by Gasteiger charge is -2.26. The van der Waals surface area contributed by atoms with Crippen LogP contribution in [-0.4, -0.2) is 49.3 Å². The molecule has 152 valence electrons. The highest BCUT2D eigenvalue weighted by atomic mass is 15.3. The number of pyridine rings is 1. The number of likely N-dealkylation sites (tertiary alicyclic amines) is 1. The first kappa shape index (κ1) is 18.7. The van der Waals surface area contributed by atoms with E-state index >= 15 is 0 Å². The number of piperidine rings is 1. The van der Waals surface area contributed by atoms with Crippen LogP contribution in [0.15, 0.2) is 61.2 Å². The first-order valence-electron chi connectivity index (χ1n) is 10.5. The molecule has 1 aliphatic rings. The van der Waals surface area contributed by atoms with Gasteiger partial charge in [0.1, 0.15) is 5.82 Å². The molecule has 0 bridgehead atoms. The number of aromatic nitrogens is 5. The Bertz CT molecular complexity index is 1120. The van der Waals surface area contributed by atoms with E-state index in [-0.39, 0.29) is 0 Å². The molecule has 1 aliphatic heterocycles. The Morgan fingerprint density at radius 3 is 2.67 bits per heavy atom. The van der Waals surface area contributed by atoms with Gasteiger partial charge in [-0.1, -0.05) is 18.6 Å². The van der Waals surface area contributed by atoms with E-state index in [9.17, 15) is 0 Å². The third kappa shape index (κ3) is 4.16. The number of rotatable bonds is 6. The number of para-hydroxylation sites is 1. The molecule has 0 radical (unpaired) electrons. The molecule has 1 saturated heterocycles. The summed E-state index contributed by atoms with van der Waals surface area (Å²) in [7, 11) is 0. The van der Waals surface area contributed by atoms with Crippen molar-refractivity contribution >= 4 is 22.4 Å². The molecule has 0 amide bonds. The molecule has 30 heavy (non-hydrogen) atoms. The minimum absolute atomic E-state index is 0.654. The van der Waals surface area contributed by atoms with Crippen LogP contribution in [0.1, 0.15) is 19.3 Å². The number of anilines is 2. The van der Waals surface area contributed by atoms with Crippen LogP contribution in [-0.2, 0) is 6.54 Å². The SMILES string of the molecule is c1cncc(-c2nc(Nc3cnn(CCN4CCCCC4)c3)c3ccccc3n2)c1. The summed E-state index contributed by atoms with van der Waals surface area (Å²) >= 11 is 0. The molecule has 4 aromatic rings. The van der Waals surface area contributed by atoms with Gasteiger partial charge in [-0.3, -0.25) is 9.67 Å². The summed E-state index contributed by atoms with van der Waals surface area (Å²) < 4.78 is 2.00. The third-order valence-corrected chi connectivity index (χ3v) is 5.51. The van der Waals surface area contributed by atoms with Crippen LogP contribution < -0.4 is 5.32 Å². The maximum Gasteiger partial charge on any atom is 0.163 e. The number of nitrogens with one attached hydrogen (secondary N) is 1. The van der Waals surface area contributed by atoms with Gasteiger partial charge in [0.2, 0.25) is 0 Å². The van der Waals surface area contributed by atoms with Gasteiger partial charge in [-0.05, 0) is 50.2 Å². The van der Waals surface area contributed by atoms with Crippen molar-refractivity contribution in [3.05, 3.63) is 61.2 Å². The monoisotopic (exact) mass is 399 g/mol. The largest absolute Gasteiger partial charge is 0.337 e. The summed E-state index contributed by atoms with van der Waals surface area (Å²) in [5.74, 6) is 1.43. The highest BCUT2D eigenvalue weighted by Gasteiger charge is 2.12. The van der Waals surface area contributed by atoms with E-state index in [1.807, 2.05) is 53.5 Å². The molecule has 0 aliphatic carbocycles. The molecule has 4 heterocycles. The topological polar surface area (TPSA) is 71.8 Å². The Labute approximate surface area is 175 Å². The Hall–Kier alpha value is -3.32. The van der Waals surface area contributed by atoms with E-state index in [1.54, 1.807) is 12.4 Å². The van der Waals surface area contributed by atoms with E-state index in [1.165, 1.54) is 32.4 Å². The van der Waals surface area contributed by atoms with Gasteiger partial charge in [-0.15, -0.1) is 0 Å². The van der Waals surface area contributed by atoms with Crippen LogP contribution in [0.5, 0.6) is 0 Å². The van der Waals surface area contributed by atoms with Crippen LogP contribution >= 0.6 is 0 Å². The minimum atomic E-state index is 0.654. The molecule has 1 N–H and O–H groups in total. The number of hydrogen-bond acceptors (Lipinski definition) is 6. The molecular weight excluding hydrogens is 374 g/mol. The van der Waals surface area contributed by atoms with E-state index in [0.717, 1.165) is 41.1 Å². The van der Waals surface area contributed by atoms with Gasteiger partial charge in [-0.25, -0.2) is 9.97 Å². The van der Waals surface area contributed by atoms with Gasteiger partial charge in [0.05, 0.1) is 23.9 Å². The summed E-state index contributed by atoms with van der Waals surface area (Å²) in [5.41, 5.74) is 2.71. The standard InChI is InChI=1S/C23H25N7/c1-4-11-29(12-5-1)13-14-30-17-19(16-25-30)26-23-20-8-2-3-9-21(20)27-22(28-23)18-7-6-10-24-15-18/h2-3,6-10,15-17H,1,4-5,11-14H2,(H,26,27,28). The van der Waals surface area contributed by atoms with E-state index in [2.05, 4.69) is 20.3 Å². The third-order valence-electron chi connectivity index (χ3n) is 5.51. The number of nitrogens with zero attached hydrogens (tertiary/aromatic N) is 6. The first-order valence-corrected chi connectivity index (χ1v) is 10.5. The predicted molar refractivity (Wildman–Crippen MR) is 119 cm³/mol. The average molecular weight is 400 g/mol. The van der Waals surface area contributed by atoms with E-state index in [4.69, 9.17) is 9.97 Å². The molecular formula is C23H25N7. The van der Waals surface area contributed by atoms with Gasteiger partial charge in [-0.2, -0.15) is 5.10 Å². The second kappa shape index (κ2) is 8.59. The first-order chi connectivity index (χ1) is 14.8. The van der Waals surface area contributed by atoms with Gasteiger partial charge in [0.25, 0.3) is 0 Å². The van der Waals surface area contributed by atoms with Crippen molar-refractivity contribution < 1.29 is 0 Å². The number of fused-ring (bicyclic) bond motifs is 1. The maximum absolute atomic E-state index is 4.79. The Morgan fingerprint density at radius 2 is 1.80 bits per heavy atom. The van der Waals surface area contributed by atoms with Gasteiger partial charge >= 0.3 is 0 Å². The molecule has 5 rings (SSSR count). The summed E-state index contributed by atoms with van der Waals surface area (Å²) in [5, 5.41) is 8.96. The van der Waals surface area contributed by atoms with Crippen LogP contribution in [0, 0.1) is 0 Å². The molecule has 0 saturated carbocycles. The van der Waals surface area contributed by atoms with E-state index < -0.39 is 0 Å². The fourth-order valence-corrected chi connectivity index (χ4v) is 3.91. The lowest BCUT2D eigenvalue weighted by Crippen LogP contribution is -2.32. The summed E-state index contributed by atoms with van der Waals surface area (Å²) in [6.07, 6.45) is 11.4. The van der Waals surface area contributed by atoms with Crippen LogP contribution in [0.4, 0.5) is 11.5 Å². The highest BCUT2D eigenvalue weighted by Crippen LogP contribution is 2.26.